The lowest BCUT2D eigenvalue weighted by molar-refractivity contribution is 0.625. The Morgan fingerprint density at radius 2 is 1.68 bits per heavy atom. The fourth-order valence-corrected chi connectivity index (χ4v) is 2.34. The number of nitrogens with two attached hydrogens (primary N) is 1. The van der Waals surface area contributed by atoms with E-state index >= 15 is 0 Å². The zero-order valence-electron chi connectivity index (χ0n) is 9.84. The van der Waals surface area contributed by atoms with Crippen LogP contribution in [-0.4, -0.2) is 0 Å². The molecule has 5 heteroatoms. The molecule has 2 rings (SSSR count). The van der Waals surface area contributed by atoms with E-state index in [-0.39, 0.29) is 11.9 Å². The number of hydrogen-bond acceptors (Lipinski definition) is 1. The Labute approximate surface area is 126 Å². The summed E-state index contributed by atoms with van der Waals surface area (Å²) in [4.78, 5) is 0. The monoisotopic (exact) mass is 317 g/mol. The molecule has 0 bridgehead atoms. The quantitative estimate of drug-likeness (QED) is 0.844. The van der Waals surface area contributed by atoms with Gasteiger partial charge in [0, 0.05) is 11.1 Å². The van der Waals surface area contributed by atoms with Crippen LogP contribution in [0.3, 0.4) is 0 Å². The molecule has 0 fully saturated rings. The smallest absolute Gasteiger partial charge is 0.124 e. The fraction of sp³-hybridized carbons (Fsp3) is 0.143. The lowest BCUT2D eigenvalue weighted by Gasteiger charge is -2.14. The van der Waals surface area contributed by atoms with Crippen molar-refractivity contribution in [2.75, 3.05) is 0 Å². The molecule has 0 aliphatic rings. The van der Waals surface area contributed by atoms with Crippen LogP contribution in [0.15, 0.2) is 36.4 Å². The molecule has 0 spiro atoms. The second-order valence-corrected chi connectivity index (χ2v) is 5.44. The molecule has 0 aliphatic carbocycles. The summed E-state index contributed by atoms with van der Waals surface area (Å²) in [5.74, 6) is -0.364. The van der Waals surface area contributed by atoms with Crippen molar-refractivity contribution in [2.45, 2.75) is 12.5 Å². The van der Waals surface area contributed by atoms with Gasteiger partial charge in [0.15, 0.2) is 0 Å². The molecule has 1 unspecified atom stereocenters. The predicted molar refractivity (Wildman–Crippen MR) is 78.5 cm³/mol. The third kappa shape index (κ3) is 3.61. The zero-order chi connectivity index (χ0) is 14.0. The van der Waals surface area contributed by atoms with Crippen LogP contribution in [0, 0.1) is 5.82 Å². The van der Waals surface area contributed by atoms with E-state index in [0.717, 1.165) is 11.1 Å². The highest BCUT2D eigenvalue weighted by Crippen LogP contribution is 2.27. The van der Waals surface area contributed by atoms with Gasteiger partial charge in [-0.15, -0.1) is 0 Å². The van der Waals surface area contributed by atoms with Gasteiger partial charge in [-0.2, -0.15) is 0 Å². The van der Waals surface area contributed by atoms with Crippen molar-refractivity contribution in [3.05, 3.63) is 68.4 Å². The van der Waals surface area contributed by atoms with Gasteiger partial charge in [0.25, 0.3) is 0 Å². The Balaban J connectivity index is 2.20. The van der Waals surface area contributed by atoms with Crippen LogP contribution >= 0.6 is 34.8 Å². The molecule has 2 aromatic carbocycles. The lowest BCUT2D eigenvalue weighted by atomic mass is 10.00. The number of benzene rings is 2. The molecule has 0 radical (unpaired) electrons. The second kappa shape index (κ2) is 6.10. The fourth-order valence-electron chi connectivity index (χ4n) is 1.79. The summed E-state index contributed by atoms with van der Waals surface area (Å²) in [6.07, 6.45) is 0.497. The maximum Gasteiger partial charge on any atom is 0.124 e. The molecule has 0 aliphatic heterocycles. The van der Waals surface area contributed by atoms with Gasteiger partial charge in [-0.05, 0) is 41.8 Å². The summed E-state index contributed by atoms with van der Waals surface area (Å²) < 4.78 is 13.0. The Bertz CT molecular complexity index is 601. The van der Waals surface area contributed by atoms with Crippen molar-refractivity contribution < 1.29 is 4.39 Å². The van der Waals surface area contributed by atoms with Gasteiger partial charge in [-0.1, -0.05) is 46.9 Å². The molecule has 1 nitrogen and oxygen atoms in total. The highest BCUT2D eigenvalue weighted by molar-refractivity contribution is 6.42. The first-order chi connectivity index (χ1) is 8.97. The minimum absolute atomic E-state index is 0.280. The Morgan fingerprint density at radius 3 is 2.32 bits per heavy atom. The number of halogens is 4. The van der Waals surface area contributed by atoms with Crippen LogP contribution in [0.4, 0.5) is 4.39 Å². The van der Waals surface area contributed by atoms with Gasteiger partial charge >= 0.3 is 0 Å². The maximum atomic E-state index is 13.0. The van der Waals surface area contributed by atoms with Crippen LogP contribution in [0.25, 0.3) is 0 Å². The van der Waals surface area contributed by atoms with Crippen molar-refractivity contribution in [3.8, 4) is 0 Å². The van der Waals surface area contributed by atoms with Crippen molar-refractivity contribution in [1.29, 1.82) is 0 Å². The highest BCUT2D eigenvalue weighted by Gasteiger charge is 2.11. The van der Waals surface area contributed by atoms with Crippen LogP contribution in [0.5, 0.6) is 0 Å². The van der Waals surface area contributed by atoms with Crippen molar-refractivity contribution >= 4 is 34.8 Å². The topological polar surface area (TPSA) is 26.0 Å². The zero-order valence-corrected chi connectivity index (χ0v) is 12.1. The minimum Gasteiger partial charge on any atom is -0.324 e. The maximum absolute atomic E-state index is 13.0. The molecule has 19 heavy (non-hydrogen) atoms. The molecule has 0 heterocycles. The first-order valence-corrected chi connectivity index (χ1v) is 6.75. The van der Waals surface area contributed by atoms with Gasteiger partial charge in [0.1, 0.15) is 5.82 Å². The highest BCUT2D eigenvalue weighted by atomic mass is 35.5. The van der Waals surface area contributed by atoms with Gasteiger partial charge in [-0.3, -0.25) is 0 Å². The molecule has 0 saturated carbocycles. The molecule has 0 aromatic heterocycles. The summed E-state index contributed by atoms with van der Waals surface area (Å²) in [5, 5.41) is 1.31. The van der Waals surface area contributed by atoms with Gasteiger partial charge in [0.05, 0.1) is 10.0 Å². The summed E-state index contributed by atoms with van der Waals surface area (Å²) >= 11 is 17.8. The van der Waals surface area contributed by atoms with Crippen molar-refractivity contribution in [2.24, 2.45) is 5.73 Å². The third-order valence-corrected chi connectivity index (χ3v) is 3.92. The van der Waals surface area contributed by atoms with Gasteiger partial charge in [0.2, 0.25) is 0 Å². The molecule has 100 valence electrons. The van der Waals surface area contributed by atoms with Gasteiger partial charge in [-0.25, -0.2) is 4.39 Å². The van der Waals surface area contributed by atoms with E-state index < -0.39 is 0 Å². The van der Waals surface area contributed by atoms with Crippen LogP contribution in [-0.2, 0) is 6.42 Å². The van der Waals surface area contributed by atoms with Crippen LogP contribution < -0.4 is 5.73 Å². The number of rotatable bonds is 3. The summed E-state index contributed by atoms with van der Waals surface area (Å²) in [6.45, 7) is 0. The summed E-state index contributed by atoms with van der Waals surface area (Å²) in [5.41, 5.74) is 7.75. The first-order valence-electron chi connectivity index (χ1n) is 5.62. The van der Waals surface area contributed by atoms with Crippen LogP contribution in [0.2, 0.25) is 15.1 Å². The SMILES string of the molecule is NC(Cc1ccc(F)cc1Cl)c1ccc(Cl)c(Cl)c1. The van der Waals surface area contributed by atoms with E-state index in [1.165, 1.54) is 12.1 Å². The molecule has 1 atom stereocenters. The van der Waals surface area contributed by atoms with E-state index in [2.05, 4.69) is 0 Å². The molecule has 0 saturated heterocycles. The Kier molecular flexibility index (Phi) is 4.69. The second-order valence-electron chi connectivity index (χ2n) is 4.22. The largest absolute Gasteiger partial charge is 0.324 e. The molecule has 2 N–H and O–H groups in total. The van der Waals surface area contributed by atoms with Crippen LogP contribution in [0.1, 0.15) is 17.2 Å². The molecule has 2 aromatic rings. The standard InChI is InChI=1S/C14H11Cl3FN/c15-11-4-2-9(5-13(11)17)14(19)6-8-1-3-10(18)7-12(8)16/h1-5,7,14H,6,19H2. The van der Waals surface area contributed by atoms with Gasteiger partial charge < -0.3 is 5.73 Å². The van der Waals surface area contributed by atoms with E-state index in [9.17, 15) is 4.39 Å². The molecular weight excluding hydrogens is 308 g/mol. The van der Waals surface area contributed by atoms with E-state index in [0.29, 0.717) is 21.5 Å². The van der Waals surface area contributed by atoms with Crippen molar-refractivity contribution in [1.82, 2.24) is 0 Å². The average molecular weight is 319 g/mol. The Hall–Kier alpha value is -0.800. The first kappa shape index (κ1) is 14.6. The predicted octanol–water partition coefficient (Wildman–Crippen LogP) is 5.03. The van der Waals surface area contributed by atoms with E-state index in [4.69, 9.17) is 40.5 Å². The Morgan fingerprint density at radius 1 is 0.947 bits per heavy atom. The number of hydrogen-bond donors (Lipinski definition) is 1. The van der Waals surface area contributed by atoms with E-state index in [1.54, 1.807) is 18.2 Å². The third-order valence-electron chi connectivity index (χ3n) is 2.83. The lowest BCUT2D eigenvalue weighted by Crippen LogP contribution is -2.13. The van der Waals surface area contributed by atoms with E-state index in [1.807, 2.05) is 6.07 Å². The average Bonchev–Trinajstić information content (AvgIpc) is 2.36. The molecule has 0 amide bonds. The van der Waals surface area contributed by atoms with Crippen molar-refractivity contribution in [3.63, 3.8) is 0 Å². The summed E-state index contributed by atoms with van der Waals surface area (Å²) in [7, 11) is 0. The summed E-state index contributed by atoms with van der Waals surface area (Å²) in [6, 6.07) is 9.24. The normalized spacial score (nSPS) is 12.5. The molecular formula is C14H11Cl3FN. The minimum atomic E-state index is -0.364.